The predicted molar refractivity (Wildman–Crippen MR) is 111 cm³/mol. The average Bonchev–Trinajstić information content (AvgIpc) is 2.76. The van der Waals surface area contributed by atoms with E-state index < -0.39 is 22.3 Å². The molecule has 0 N–H and O–H groups in total. The highest BCUT2D eigenvalue weighted by Crippen LogP contribution is 2.34. The van der Waals surface area contributed by atoms with E-state index in [1.165, 1.54) is 30.3 Å². The van der Waals surface area contributed by atoms with Crippen molar-refractivity contribution in [1.82, 2.24) is 0 Å². The molecule has 0 bridgehead atoms. The van der Waals surface area contributed by atoms with Crippen LogP contribution >= 0.6 is 0 Å². The first kappa shape index (κ1) is 19.1. The zero-order chi connectivity index (χ0) is 21.4. The Kier molecular flexibility index (Phi) is 4.68. The van der Waals surface area contributed by atoms with Gasteiger partial charge in [0.1, 0.15) is 0 Å². The Hall–Kier alpha value is -4.19. The smallest absolute Gasteiger partial charge is 0.269 e. The Balaban J connectivity index is 1.93. The van der Waals surface area contributed by atoms with E-state index >= 15 is 0 Å². The van der Waals surface area contributed by atoms with Crippen LogP contribution < -0.4 is 0 Å². The van der Waals surface area contributed by atoms with Gasteiger partial charge in [0.2, 0.25) is 0 Å². The average molecular weight is 397 g/mol. The van der Waals surface area contributed by atoms with Gasteiger partial charge in [0, 0.05) is 34.4 Å². The van der Waals surface area contributed by atoms with Crippen LogP contribution in [0.15, 0.2) is 78.4 Å². The molecule has 0 amide bonds. The van der Waals surface area contributed by atoms with Gasteiger partial charge in [-0.1, -0.05) is 54.1 Å². The Labute approximate surface area is 171 Å². The first-order chi connectivity index (χ1) is 14.4. The minimum absolute atomic E-state index is 0.0436. The number of hydrogen-bond acceptors (Lipinski definition) is 5. The number of carbonyl (C=O) groups excluding carboxylic acids is 3. The van der Waals surface area contributed by atoms with Crippen molar-refractivity contribution in [2.24, 2.45) is 0 Å². The van der Waals surface area contributed by atoms with E-state index in [1.54, 1.807) is 42.5 Å². The topological polar surface area (TPSA) is 94.3 Å². The zero-order valence-corrected chi connectivity index (χ0v) is 15.9. The number of nitrogens with zero attached hydrogens (tertiary/aromatic N) is 1. The summed E-state index contributed by atoms with van der Waals surface area (Å²) in [5, 5.41) is 10.9. The Morgan fingerprint density at radius 2 is 1.37 bits per heavy atom. The molecule has 0 spiro atoms. The van der Waals surface area contributed by atoms with E-state index in [2.05, 4.69) is 0 Å². The van der Waals surface area contributed by atoms with Crippen molar-refractivity contribution in [3.8, 4) is 0 Å². The summed E-state index contributed by atoms with van der Waals surface area (Å²) < 4.78 is 0. The maximum Gasteiger partial charge on any atom is 0.269 e. The van der Waals surface area contributed by atoms with Crippen molar-refractivity contribution in [3.05, 3.63) is 116 Å². The number of hydrogen-bond donors (Lipinski definition) is 0. The molecule has 1 aliphatic rings. The predicted octanol–water partition coefficient (Wildman–Crippen LogP) is 4.62. The Morgan fingerprint density at radius 1 is 0.800 bits per heavy atom. The fourth-order valence-electron chi connectivity index (χ4n) is 3.47. The number of aryl methyl sites for hydroxylation is 1. The molecule has 6 heteroatoms. The maximum absolute atomic E-state index is 13.3. The van der Waals surface area contributed by atoms with Gasteiger partial charge in [0.15, 0.2) is 17.3 Å². The zero-order valence-electron chi connectivity index (χ0n) is 15.9. The maximum atomic E-state index is 13.3. The van der Waals surface area contributed by atoms with Crippen LogP contribution in [0, 0.1) is 17.0 Å². The van der Waals surface area contributed by atoms with Crippen molar-refractivity contribution in [3.63, 3.8) is 0 Å². The molecule has 0 saturated carbocycles. The standard InChI is InChI=1S/C24H15NO5/c1-14-6-8-15(9-7-14)20-21(22(26)16-10-12-17(13-11-16)25(29)30)24(28)19-5-3-2-4-18(19)23(20)27/h2-13H,1H3. The van der Waals surface area contributed by atoms with Crippen LogP contribution in [0.2, 0.25) is 0 Å². The van der Waals surface area contributed by atoms with Crippen LogP contribution in [0.1, 0.15) is 42.2 Å². The molecular formula is C24H15NO5. The van der Waals surface area contributed by atoms with Gasteiger partial charge in [-0.3, -0.25) is 24.5 Å². The van der Waals surface area contributed by atoms with E-state index in [-0.39, 0.29) is 33.5 Å². The first-order valence-electron chi connectivity index (χ1n) is 9.17. The largest absolute Gasteiger partial charge is 0.289 e. The lowest BCUT2D eigenvalue weighted by molar-refractivity contribution is -0.384. The lowest BCUT2D eigenvalue weighted by atomic mass is 9.78. The second-order valence-electron chi connectivity index (χ2n) is 6.95. The molecule has 30 heavy (non-hydrogen) atoms. The number of carbonyl (C=O) groups is 3. The molecule has 0 heterocycles. The highest BCUT2D eigenvalue weighted by Gasteiger charge is 2.36. The number of nitro groups is 1. The molecule has 0 atom stereocenters. The quantitative estimate of drug-likeness (QED) is 0.277. The molecule has 4 rings (SSSR count). The monoisotopic (exact) mass is 397 g/mol. The minimum atomic E-state index is -0.645. The highest BCUT2D eigenvalue weighted by molar-refractivity contribution is 6.49. The molecule has 1 aliphatic carbocycles. The molecule has 0 fully saturated rings. The lowest BCUT2D eigenvalue weighted by Crippen LogP contribution is -2.26. The van der Waals surface area contributed by atoms with Gasteiger partial charge in [-0.15, -0.1) is 0 Å². The Morgan fingerprint density at radius 3 is 1.93 bits per heavy atom. The SMILES string of the molecule is Cc1ccc(C2=C(C(=O)c3ccc([N+](=O)[O-])cc3)C(=O)c3ccccc3C2=O)cc1. The number of ketones is 3. The summed E-state index contributed by atoms with van der Waals surface area (Å²) in [6.07, 6.45) is 0. The molecule has 0 unspecified atom stereocenters. The number of non-ortho nitro benzene ring substituents is 1. The molecule has 3 aromatic carbocycles. The van der Waals surface area contributed by atoms with Gasteiger partial charge in [0.25, 0.3) is 5.69 Å². The summed E-state index contributed by atoms with van der Waals surface area (Å²) in [5.41, 5.74) is 1.60. The van der Waals surface area contributed by atoms with Gasteiger partial charge in [-0.2, -0.15) is 0 Å². The van der Waals surface area contributed by atoms with Gasteiger partial charge < -0.3 is 0 Å². The van der Waals surface area contributed by atoms with Crippen LogP contribution in [0.3, 0.4) is 0 Å². The number of allylic oxidation sites excluding steroid dienone is 2. The summed E-state index contributed by atoms with van der Waals surface area (Å²) in [5.74, 6) is -1.59. The molecule has 0 aliphatic heterocycles. The second kappa shape index (κ2) is 7.33. The van der Waals surface area contributed by atoms with Crippen molar-refractivity contribution >= 4 is 28.6 Å². The van der Waals surface area contributed by atoms with E-state index in [4.69, 9.17) is 0 Å². The number of rotatable bonds is 4. The van der Waals surface area contributed by atoms with Crippen LogP contribution in [0.4, 0.5) is 5.69 Å². The van der Waals surface area contributed by atoms with E-state index in [1.807, 2.05) is 6.92 Å². The third-order valence-electron chi connectivity index (χ3n) is 5.03. The molecular weight excluding hydrogens is 382 g/mol. The van der Waals surface area contributed by atoms with E-state index in [0.29, 0.717) is 5.56 Å². The summed E-state index contributed by atoms with van der Waals surface area (Å²) >= 11 is 0. The van der Waals surface area contributed by atoms with Crippen molar-refractivity contribution in [1.29, 1.82) is 0 Å². The third kappa shape index (κ3) is 3.14. The van der Waals surface area contributed by atoms with E-state index in [0.717, 1.165) is 5.56 Å². The van der Waals surface area contributed by atoms with Gasteiger partial charge in [-0.05, 0) is 24.6 Å². The molecule has 0 radical (unpaired) electrons. The number of Topliss-reactive ketones (excluding diaryl/α,β-unsaturated/α-hetero) is 3. The molecule has 6 nitrogen and oxygen atoms in total. The van der Waals surface area contributed by atoms with Gasteiger partial charge in [-0.25, -0.2) is 0 Å². The van der Waals surface area contributed by atoms with Crippen LogP contribution in [0.5, 0.6) is 0 Å². The first-order valence-corrected chi connectivity index (χ1v) is 9.17. The molecule has 0 aromatic heterocycles. The number of benzene rings is 3. The summed E-state index contributed by atoms with van der Waals surface area (Å²) in [4.78, 5) is 50.2. The summed E-state index contributed by atoms with van der Waals surface area (Å²) in [6.45, 7) is 1.89. The van der Waals surface area contributed by atoms with Crippen LogP contribution in [0.25, 0.3) is 5.57 Å². The van der Waals surface area contributed by atoms with E-state index in [9.17, 15) is 24.5 Å². The molecule has 0 saturated heterocycles. The molecule has 146 valence electrons. The van der Waals surface area contributed by atoms with Gasteiger partial charge >= 0.3 is 0 Å². The number of fused-ring (bicyclic) bond motifs is 1. The second-order valence-corrected chi connectivity index (χ2v) is 6.95. The normalized spacial score (nSPS) is 13.2. The minimum Gasteiger partial charge on any atom is -0.289 e. The summed E-state index contributed by atoms with van der Waals surface area (Å²) in [6, 6.07) is 18.4. The highest BCUT2D eigenvalue weighted by atomic mass is 16.6. The fourth-order valence-corrected chi connectivity index (χ4v) is 3.47. The van der Waals surface area contributed by atoms with Crippen molar-refractivity contribution in [2.75, 3.05) is 0 Å². The number of nitro benzene ring substituents is 1. The third-order valence-corrected chi connectivity index (χ3v) is 5.03. The van der Waals surface area contributed by atoms with Crippen LogP contribution in [-0.4, -0.2) is 22.3 Å². The van der Waals surface area contributed by atoms with Crippen molar-refractivity contribution < 1.29 is 19.3 Å². The van der Waals surface area contributed by atoms with Crippen LogP contribution in [-0.2, 0) is 0 Å². The fraction of sp³-hybridized carbons (Fsp3) is 0.0417. The lowest BCUT2D eigenvalue weighted by Gasteiger charge is -2.21. The van der Waals surface area contributed by atoms with Crippen molar-refractivity contribution in [2.45, 2.75) is 6.92 Å². The Bertz CT molecular complexity index is 1250. The molecule has 3 aromatic rings. The van der Waals surface area contributed by atoms with Gasteiger partial charge in [0.05, 0.1) is 10.5 Å². The summed E-state index contributed by atoms with van der Waals surface area (Å²) in [7, 11) is 0.